The van der Waals surface area contributed by atoms with Crippen LogP contribution in [-0.2, 0) is 4.79 Å². The van der Waals surface area contributed by atoms with E-state index in [1.165, 1.54) is 12.8 Å². The number of likely N-dealkylation sites (N-methyl/N-ethyl adjacent to an activating group) is 1. The summed E-state index contributed by atoms with van der Waals surface area (Å²) in [4.78, 5) is 13.9. The third-order valence-electron chi connectivity index (χ3n) is 3.15. The van der Waals surface area contributed by atoms with Gasteiger partial charge in [-0.2, -0.15) is 0 Å². The molecule has 1 amide bonds. The minimum absolute atomic E-state index is 0.141. The van der Waals surface area contributed by atoms with Gasteiger partial charge in [-0.15, -0.1) is 0 Å². The second-order valence-corrected chi connectivity index (χ2v) is 4.08. The molecule has 82 valence electrons. The number of amides is 1. The molecular weight excluding hydrogens is 176 g/mol. The zero-order valence-electron chi connectivity index (χ0n) is 9.33. The van der Waals surface area contributed by atoms with Gasteiger partial charge in [0.2, 0.25) is 5.91 Å². The van der Waals surface area contributed by atoms with Crippen molar-refractivity contribution < 1.29 is 4.79 Å². The van der Waals surface area contributed by atoms with Gasteiger partial charge < -0.3 is 10.6 Å². The molecule has 1 saturated carbocycles. The van der Waals surface area contributed by atoms with Crippen molar-refractivity contribution in [2.45, 2.75) is 58.0 Å². The van der Waals surface area contributed by atoms with E-state index in [-0.39, 0.29) is 11.9 Å². The summed E-state index contributed by atoms with van der Waals surface area (Å²) in [6.45, 7) is 4.81. The fraction of sp³-hybridized carbons (Fsp3) is 0.909. The summed E-state index contributed by atoms with van der Waals surface area (Å²) in [5, 5.41) is 0. The van der Waals surface area contributed by atoms with Crippen LogP contribution >= 0.6 is 0 Å². The minimum Gasteiger partial charge on any atom is -0.339 e. The average molecular weight is 198 g/mol. The van der Waals surface area contributed by atoms with Gasteiger partial charge in [-0.05, 0) is 26.2 Å². The van der Waals surface area contributed by atoms with Crippen LogP contribution < -0.4 is 5.73 Å². The summed E-state index contributed by atoms with van der Waals surface area (Å²) in [5.41, 5.74) is 5.77. The Labute approximate surface area is 86.6 Å². The van der Waals surface area contributed by atoms with E-state index in [0.717, 1.165) is 25.8 Å². The van der Waals surface area contributed by atoms with E-state index in [9.17, 15) is 4.79 Å². The molecule has 0 aromatic rings. The lowest BCUT2D eigenvalue weighted by molar-refractivity contribution is -0.134. The van der Waals surface area contributed by atoms with Crippen molar-refractivity contribution in [3.8, 4) is 0 Å². The van der Waals surface area contributed by atoms with Crippen molar-refractivity contribution in [2.24, 2.45) is 5.73 Å². The molecule has 0 saturated heterocycles. The molecule has 0 radical (unpaired) electrons. The van der Waals surface area contributed by atoms with Crippen LogP contribution in [0.5, 0.6) is 0 Å². The van der Waals surface area contributed by atoms with E-state index in [4.69, 9.17) is 5.73 Å². The maximum atomic E-state index is 11.9. The lowest BCUT2D eigenvalue weighted by atomic mass is 10.1. The average Bonchev–Trinajstić information content (AvgIpc) is 2.71. The molecule has 1 atom stereocenters. The predicted molar refractivity (Wildman–Crippen MR) is 57.9 cm³/mol. The largest absolute Gasteiger partial charge is 0.339 e. The fourth-order valence-corrected chi connectivity index (χ4v) is 2.20. The molecule has 2 N–H and O–H groups in total. The van der Waals surface area contributed by atoms with Gasteiger partial charge in [0, 0.05) is 12.6 Å². The highest BCUT2D eigenvalue weighted by Crippen LogP contribution is 2.23. The maximum absolute atomic E-state index is 11.9. The Morgan fingerprint density at radius 2 is 2.00 bits per heavy atom. The topological polar surface area (TPSA) is 46.3 Å². The van der Waals surface area contributed by atoms with E-state index in [0.29, 0.717) is 6.04 Å². The van der Waals surface area contributed by atoms with Crippen LogP contribution in [0.25, 0.3) is 0 Å². The molecule has 0 spiro atoms. The SMILES string of the molecule is CCC(N)C(=O)N(CC)C1CCCC1. The Hall–Kier alpha value is -0.570. The Kier molecular flexibility index (Phi) is 4.39. The van der Waals surface area contributed by atoms with Crippen LogP contribution in [0.4, 0.5) is 0 Å². The van der Waals surface area contributed by atoms with Crippen LogP contribution in [0, 0.1) is 0 Å². The van der Waals surface area contributed by atoms with Crippen molar-refractivity contribution in [1.82, 2.24) is 4.90 Å². The maximum Gasteiger partial charge on any atom is 0.239 e. The smallest absolute Gasteiger partial charge is 0.239 e. The summed E-state index contributed by atoms with van der Waals surface area (Å²) < 4.78 is 0. The first-order valence-electron chi connectivity index (χ1n) is 5.76. The molecule has 3 nitrogen and oxygen atoms in total. The van der Waals surface area contributed by atoms with Crippen LogP contribution in [0.15, 0.2) is 0 Å². The molecule has 0 aliphatic heterocycles. The number of carbonyl (C=O) groups excluding carboxylic acids is 1. The number of rotatable bonds is 4. The summed E-state index contributed by atoms with van der Waals surface area (Å²) in [7, 11) is 0. The van der Waals surface area contributed by atoms with Gasteiger partial charge in [0.1, 0.15) is 0 Å². The molecule has 3 heteroatoms. The number of nitrogens with two attached hydrogens (primary N) is 1. The number of hydrogen-bond donors (Lipinski definition) is 1. The molecule has 1 fully saturated rings. The summed E-state index contributed by atoms with van der Waals surface area (Å²) in [6.07, 6.45) is 5.58. The number of nitrogens with zero attached hydrogens (tertiary/aromatic N) is 1. The second kappa shape index (κ2) is 5.35. The Bertz CT molecular complexity index is 188. The fourth-order valence-electron chi connectivity index (χ4n) is 2.20. The molecule has 1 rings (SSSR count). The summed E-state index contributed by atoms with van der Waals surface area (Å²) in [5.74, 6) is 0.141. The molecule has 14 heavy (non-hydrogen) atoms. The van der Waals surface area contributed by atoms with Crippen molar-refractivity contribution >= 4 is 5.91 Å². The van der Waals surface area contributed by atoms with Gasteiger partial charge in [0.15, 0.2) is 0 Å². The molecule has 0 aromatic carbocycles. The lowest BCUT2D eigenvalue weighted by Crippen LogP contribution is -2.47. The monoisotopic (exact) mass is 198 g/mol. The van der Waals surface area contributed by atoms with Crippen LogP contribution in [0.1, 0.15) is 46.0 Å². The van der Waals surface area contributed by atoms with Crippen LogP contribution in [-0.4, -0.2) is 29.4 Å². The van der Waals surface area contributed by atoms with E-state index in [1.54, 1.807) is 0 Å². The zero-order chi connectivity index (χ0) is 10.6. The predicted octanol–water partition coefficient (Wildman–Crippen LogP) is 1.51. The first-order valence-corrected chi connectivity index (χ1v) is 5.76. The van der Waals surface area contributed by atoms with Gasteiger partial charge in [-0.25, -0.2) is 0 Å². The van der Waals surface area contributed by atoms with E-state index >= 15 is 0 Å². The summed E-state index contributed by atoms with van der Waals surface area (Å²) >= 11 is 0. The van der Waals surface area contributed by atoms with Gasteiger partial charge in [0.25, 0.3) is 0 Å². The quantitative estimate of drug-likeness (QED) is 0.744. The molecule has 1 aliphatic carbocycles. The lowest BCUT2D eigenvalue weighted by Gasteiger charge is -2.29. The Morgan fingerprint density at radius 3 is 2.43 bits per heavy atom. The van der Waals surface area contributed by atoms with Gasteiger partial charge in [-0.3, -0.25) is 4.79 Å². The van der Waals surface area contributed by atoms with Gasteiger partial charge in [-0.1, -0.05) is 19.8 Å². The number of carbonyl (C=O) groups is 1. The molecule has 0 heterocycles. The van der Waals surface area contributed by atoms with Crippen molar-refractivity contribution in [2.75, 3.05) is 6.54 Å². The standard InChI is InChI=1S/C11H22N2O/c1-3-10(12)11(14)13(4-2)9-7-5-6-8-9/h9-10H,3-8,12H2,1-2H3. The molecule has 0 aromatic heterocycles. The highest BCUT2D eigenvalue weighted by atomic mass is 16.2. The first kappa shape index (κ1) is 11.5. The molecular formula is C11H22N2O. The van der Waals surface area contributed by atoms with Crippen molar-refractivity contribution in [3.63, 3.8) is 0 Å². The first-order chi connectivity index (χ1) is 6.70. The van der Waals surface area contributed by atoms with Crippen molar-refractivity contribution in [3.05, 3.63) is 0 Å². The van der Waals surface area contributed by atoms with Gasteiger partial charge >= 0.3 is 0 Å². The molecule has 1 aliphatic rings. The molecule has 1 unspecified atom stereocenters. The van der Waals surface area contributed by atoms with E-state index < -0.39 is 0 Å². The van der Waals surface area contributed by atoms with Crippen LogP contribution in [0.3, 0.4) is 0 Å². The highest BCUT2D eigenvalue weighted by Gasteiger charge is 2.27. The third-order valence-corrected chi connectivity index (χ3v) is 3.15. The number of hydrogen-bond acceptors (Lipinski definition) is 2. The molecule has 0 bridgehead atoms. The second-order valence-electron chi connectivity index (χ2n) is 4.08. The summed E-state index contributed by atoms with van der Waals surface area (Å²) in [6, 6.07) is 0.167. The van der Waals surface area contributed by atoms with Crippen molar-refractivity contribution in [1.29, 1.82) is 0 Å². The zero-order valence-corrected chi connectivity index (χ0v) is 9.33. The normalized spacial score (nSPS) is 19.6. The van der Waals surface area contributed by atoms with Gasteiger partial charge in [0.05, 0.1) is 6.04 Å². The Morgan fingerprint density at radius 1 is 1.43 bits per heavy atom. The highest BCUT2D eigenvalue weighted by molar-refractivity contribution is 5.81. The third kappa shape index (κ3) is 2.47. The Balaban J connectivity index is 2.55. The minimum atomic E-state index is -0.296. The van der Waals surface area contributed by atoms with Crippen LogP contribution in [0.2, 0.25) is 0 Å². The van der Waals surface area contributed by atoms with E-state index in [1.807, 2.05) is 18.7 Å². The van der Waals surface area contributed by atoms with E-state index in [2.05, 4.69) is 0 Å².